The van der Waals surface area contributed by atoms with E-state index >= 15 is 0 Å². The van der Waals surface area contributed by atoms with Crippen LogP contribution in [0, 0.1) is 30.6 Å². The van der Waals surface area contributed by atoms with E-state index in [4.69, 9.17) is 28.4 Å². The molecule has 9 unspecified atom stereocenters. The molecule has 16 nitrogen and oxygen atoms in total. The van der Waals surface area contributed by atoms with Crippen molar-refractivity contribution in [2.24, 2.45) is 23.7 Å². The third kappa shape index (κ3) is 8.79. The highest BCUT2D eigenvalue weighted by Gasteiger charge is 2.53. The first-order valence-electron chi connectivity index (χ1n) is 19.8. The number of phenols is 1. The van der Waals surface area contributed by atoms with Crippen LogP contribution in [0.4, 0.5) is 5.69 Å². The van der Waals surface area contributed by atoms with Crippen molar-refractivity contribution in [3.05, 3.63) is 88.0 Å². The minimum absolute atomic E-state index is 0.0426. The SMILES string of the molecule is COc1ccc(NC2=C3NC(=O)/C(C)=C\C=C\C(C)C(O)C(C)C(O)C(C)C(OC(C)=O)C(C)C(OC)/C=C/OC4(C)Oc5c(C)c(O)c(c(c5C4=O)C2=O)C3=O)cc1OC. The number of hydrogen-bond acceptors (Lipinski definition) is 15. The summed E-state index contributed by atoms with van der Waals surface area (Å²) in [6, 6.07) is 4.59. The van der Waals surface area contributed by atoms with Crippen molar-refractivity contribution in [3.8, 4) is 23.0 Å². The lowest BCUT2D eigenvalue weighted by molar-refractivity contribution is -0.160. The number of carbonyl (C=O) groups excluding carboxylic acids is 5. The van der Waals surface area contributed by atoms with Gasteiger partial charge in [-0.25, -0.2) is 0 Å². The Hall–Kier alpha value is -5.97. The molecule has 61 heavy (non-hydrogen) atoms. The Morgan fingerprint density at radius 2 is 1.54 bits per heavy atom. The van der Waals surface area contributed by atoms with Crippen LogP contribution in [-0.2, 0) is 23.8 Å². The quantitative estimate of drug-likeness (QED) is 0.239. The van der Waals surface area contributed by atoms with Gasteiger partial charge in [-0.15, -0.1) is 0 Å². The highest BCUT2D eigenvalue weighted by Crippen LogP contribution is 2.49. The number of nitrogens with one attached hydrogen (secondary N) is 2. The molecule has 16 heteroatoms. The van der Waals surface area contributed by atoms with E-state index < -0.39 is 111 Å². The van der Waals surface area contributed by atoms with Crippen LogP contribution in [0.25, 0.3) is 0 Å². The van der Waals surface area contributed by atoms with E-state index in [0.29, 0.717) is 5.75 Å². The van der Waals surface area contributed by atoms with Crippen LogP contribution >= 0.6 is 0 Å². The minimum atomic E-state index is -2.13. The van der Waals surface area contributed by atoms with Crippen molar-refractivity contribution in [1.29, 1.82) is 0 Å². The Bertz CT molecular complexity index is 2240. The van der Waals surface area contributed by atoms with Crippen molar-refractivity contribution >= 4 is 34.9 Å². The third-order valence-corrected chi connectivity index (χ3v) is 11.6. The Kier molecular flexibility index (Phi) is 13.9. The number of ether oxygens (including phenoxy) is 6. The molecular formula is C45H54N2O14. The lowest BCUT2D eigenvalue weighted by atomic mass is 9.78. The molecule has 1 aliphatic carbocycles. The predicted octanol–water partition coefficient (Wildman–Crippen LogP) is 5.09. The summed E-state index contributed by atoms with van der Waals surface area (Å²) in [5.74, 6) is -9.12. The summed E-state index contributed by atoms with van der Waals surface area (Å²) in [7, 11) is 4.26. The van der Waals surface area contributed by atoms with E-state index in [-0.39, 0.29) is 33.9 Å². The zero-order valence-corrected chi connectivity index (χ0v) is 36.1. The molecule has 4 aliphatic rings. The number of fused-ring (bicyclic) bond motifs is 14. The number of phenolic OH excluding ortho intramolecular Hbond substituents is 1. The summed E-state index contributed by atoms with van der Waals surface area (Å²) < 4.78 is 34.3. The summed E-state index contributed by atoms with van der Waals surface area (Å²) in [5.41, 5.74) is -1.99. The fourth-order valence-electron chi connectivity index (χ4n) is 7.87. The van der Waals surface area contributed by atoms with Crippen LogP contribution in [-0.4, -0.2) is 96.1 Å². The van der Waals surface area contributed by atoms with Gasteiger partial charge >= 0.3 is 11.8 Å². The van der Waals surface area contributed by atoms with Gasteiger partial charge in [0.15, 0.2) is 11.5 Å². The molecule has 6 rings (SSSR count). The van der Waals surface area contributed by atoms with Gasteiger partial charge in [-0.05, 0) is 32.1 Å². The molecule has 3 heterocycles. The molecule has 2 aromatic rings. The van der Waals surface area contributed by atoms with Crippen LogP contribution in [0.1, 0.15) is 85.1 Å². The van der Waals surface area contributed by atoms with Gasteiger partial charge < -0.3 is 54.4 Å². The van der Waals surface area contributed by atoms with Gasteiger partial charge in [0, 0.05) is 67.5 Å². The van der Waals surface area contributed by atoms with E-state index in [1.54, 1.807) is 39.8 Å². The lowest BCUT2D eigenvalue weighted by Crippen LogP contribution is -2.46. The molecule has 9 atom stereocenters. The maximum Gasteiger partial charge on any atom is 0.312 e. The average Bonchev–Trinajstić information content (AvgIpc) is 3.50. The largest absolute Gasteiger partial charge is 0.507 e. The third-order valence-electron chi connectivity index (χ3n) is 11.6. The molecule has 1 amide bonds. The molecule has 5 bridgehead atoms. The first-order chi connectivity index (χ1) is 28.7. The van der Waals surface area contributed by atoms with E-state index in [2.05, 4.69) is 10.6 Å². The smallest absolute Gasteiger partial charge is 0.312 e. The fourth-order valence-corrected chi connectivity index (χ4v) is 7.87. The number of aliphatic hydroxyl groups excluding tert-OH is 2. The van der Waals surface area contributed by atoms with Gasteiger partial charge in [-0.3, -0.25) is 24.0 Å². The van der Waals surface area contributed by atoms with Gasteiger partial charge in [0.25, 0.3) is 11.7 Å². The summed E-state index contributed by atoms with van der Waals surface area (Å²) >= 11 is 0. The number of anilines is 1. The number of ketones is 3. The highest BCUT2D eigenvalue weighted by molar-refractivity contribution is 6.33. The van der Waals surface area contributed by atoms with Crippen molar-refractivity contribution in [1.82, 2.24) is 5.32 Å². The van der Waals surface area contributed by atoms with Crippen molar-refractivity contribution < 1.29 is 67.7 Å². The predicted molar refractivity (Wildman–Crippen MR) is 221 cm³/mol. The lowest BCUT2D eigenvalue weighted by Gasteiger charge is -2.38. The van der Waals surface area contributed by atoms with Gasteiger partial charge in [0.2, 0.25) is 11.6 Å². The van der Waals surface area contributed by atoms with Crippen LogP contribution in [0.15, 0.2) is 65.7 Å². The molecule has 2 aromatic carbocycles. The van der Waals surface area contributed by atoms with Crippen molar-refractivity contribution in [2.45, 2.75) is 85.6 Å². The first kappa shape index (κ1) is 46.1. The Labute approximate surface area is 354 Å². The standard InChI is InChI=1S/C45H54N2O14/c1-20-13-12-14-21(2)44(55)47-35-34(46-27-15-16-29(57-10)30(19-27)58-11)39(52)31-32(40(35)53)38(51)25(6)42-33(31)43(54)45(8,61-42)59-18-17-28(56-9)22(3)41(60-26(7)48)24(5)37(50)23(4)36(20)49/h12-20,22-24,28,36-37,41,46,49-51H,1-11H3,(H,47,55)/b13-12+,18-17+,21-14-. The number of Topliss-reactive ketones (excluding diaryl/α,β-unsaturated/α-hetero) is 3. The number of aliphatic hydroxyl groups is 2. The molecule has 0 saturated carbocycles. The fraction of sp³-hybridized carbons (Fsp3) is 0.444. The van der Waals surface area contributed by atoms with E-state index in [9.17, 15) is 39.3 Å². The van der Waals surface area contributed by atoms with Crippen molar-refractivity contribution in [2.75, 3.05) is 26.6 Å². The zero-order chi connectivity index (χ0) is 45.2. The summed E-state index contributed by atoms with van der Waals surface area (Å²) in [6.07, 6.45) is 3.21. The van der Waals surface area contributed by atoms with E-state index in [1.807, 2.05) is 0 Å². The normalized spacial score (nSPS) is 30.3. The van der Waals surface area contributed by atoms with Crippen molar-refractivity contribution in [3.63, 3.8) is 0 Å². The number of methoxy groups -OCH3 is 3. The number of benzene rings is 2. The molecule has 0 spiro atoms. The number of carbonyl (C=O) groups is 5. The Balaban J connectivity index is 1.70. The number of allylic oxidation sites excluding steroid dienone is 4. The highest BCUT2D eigenvalue weighted by atomic mass is 16.7. The molecule has 5 N–H and O–H groups in total. The van der Waals surface area contributed by atoms with E-state index in [0.717, 1.165) is 6.26 Å². The summed E-state index contributed by atoms with van der Waals surface area (Å²) in [6.45, 7) is 12.2. The van der Waals surface area contributed by atoms with Gasteiger partial charge in [-0.1, -0.05) is 45.9 Å². The molecule has 0 aromatic heterocycles. The van der Waals surface area contributed by atoms with Crippen LogP contribution < -0.4 is 24.8 Å². The number of amides is 1. The zero-order valence-electron chi connectivity index (χ0n) is 36.1. The topological polar surface area (TPSA) is 225 Å². The van der Waals surface area contributed by atoms with Crippen LogP contribution in [0.2, 0.25) is 0 Å². The summed E-state index contributed by atoms with van der Waals surface area (Å²) in [5, 5.41) is 39.9. The van der Waals surface area contributed by atoms with Crippen LogP contribution in [0.5, 0.6) is 23.0 Å². The van der Waals surface area contributed by atoms with Gasteiger partial charge in [0.1, 0.15) is 29.0 Å². The maximum atomic E-state index is 14.8. The molecule has 328 valence electrons. The molecule has 0 fully saturated rings. The van der Waals surface area contributed by atoms with E-state index in [1.165, 1.54) is 79.4 Å². The number of aromatic hydroxyl groups is 1. The minimum Gasteiger partial charge on any atom is -0.507 e. The molecular weight excluding hydrogens is 792 g/mol. The number of rotatable bonds is 6. The maximum absolute atomic E-state index is 14.8. The monoisotopic (exact) mass is 846 g/mol. The second-order valence-electron chi connectivity index (χ2n) is 15.7. The summed E-state index contributed by atoms with van der Waals surface area (Å²) in [4.78, 5) is 69.9. The van der Waals surface area contributed by atoms with Crippen LogP contribution in [0.3, 0.4) is 0 Å². The molecule has 0 saturated heterocycles. The first-order valence-corrected chi connectivity index (χ1v) is 19.8. The molecule has 0 radical (unpaired) electrons. The van der Waals surface area contributed by atoms with Gasteiger partial charge in [-0.2, -0.15) is 0 Å². The number of hydrogen-bond donors (Lipinski definition) is 5. The van der Waals surface area contributed by atoms with Gasteiger partial charge in [0.05, 0.1) is 55.5 Å². The molecule has 3 aliphatic heterocycles. The average molecular weight is 847 g/mol. The Morgan fingerprint density at radius 3 is 2.16 bits per heavy atom. The Morgan fingerprint density at radius 1 is 0.869 bits per heavy atom. The second kappa shape index (κ2) is 18.3. The number of esters is 1. The second-order valence-corrected chi connectivity index (χ2v) is 15.7.